The molecule has 0 aliphatic heterocycles. The maximum absolute atomic E-state index is 6.22. The lowest BCUT2D eigenvalue weighted by Gasteiger charge is -2.12. The van der Waals surface area contributed by atoms with Crippen LogP contribution in [0.5, 0.6) is 5.75 Å². The number of benzene rings is 2. The molecular formula is C16H15Cl4NO. The van der Waals surface area contributed by atoms with E-state index in [1.807, 2.05) is 25.1 Å². The van der Waals surface area contributed by atoms with Crippen molar-refractivity contribution >= 4 is 52.1 Å². The van der Waals surface area contributed by atoms with Crippen LogP contribution < -0.4 is 10.1 Å². The first kappa shape index (κ1) is 17.6. The van der Waals surface area contributed by atoms with Crippen LogP contribution in [0.4, 0.5) is 5.69 Å². The van der Waals surface area contributed by atoms with Crippen molar-refractivity contribution in [3.8, 4) is 5.75 Å². The number of hydrogen-bond donors (Lipinski definition) is 1. The first-order chi connectivity index (χ1) is 10.5. The van der Waals surface area contributed by atoms with E-state index in [1.54, 1.807) is 12.1 Å². The summed E-state index contributed by atoms with van der Waals surface area (Å²) in [4.78, 5) is 0. The maximum Gasteiger partial charge on any atom is 0.156 e. The van der Waals surface area contributed by atoms with Crippen LogP contribution in [0, 0.1) is 0 Å². The van der Waals surface area contributed by atoms with E-state index < -0.39 is 0 Å². The Hall–Kier alpha value is -0.800. The molecule has 0 amide bonds. The van der Waals surface area contributed by atoms with Crippen molar-refractivity contribution in [2.75, 3.05) is 11.9 Å². The van der Waals surface area contributed by atoms with Gasteiger partial charge in [0.25, 0.3) is 0 Å². The summed E-state index contributed by atoms with van der Waals surface area (Å²) in [6, 6.07) is 9.04. The van der Waals surface area contributed by atoms with Crippen molar-refractivity contribution in [2.45, 2.75) is 19.9 Å². The summed E-state index contributed by atoms with van der Waals surface area (Å²) in [5.74, 6) is 0.531. The highest BCUT2D eigenvalue weighted by Gasteiger charge is 2.10. The molecule has 0 unspecified atom stereocenters. The number of ether oxygens (including phenoxy) is 1. The molecule has 2 rings (SSSR count). The molecule has 0 fully saturated rings. The minimum Gasteiger partial charge on any atom is -0.490 e. The van der Waals surface area contributed by atoms with Gasteiger partial charge in [-0.15, -0.1) is 0 Å². The van der Waals surface area contributed by atoms with Gasteiger partial charge in [-0.25, -0.2) is 0 Å². The summed E-state index contributed by atoms with van der Waals surface area (Å²) in [7, 11) is 0. The largest absolute Gasteiger partial charge is 0.490 e. The molecule has 1 N–H and O–H groups in total. The third kappa shape index (κ3) is 4.60. The van der Waals surface area contributed by atoms with Gasteiger partial charge in [0.1, 0.15) is 0 Å². The number of nitrogens with one attached hydrogen (secondary N) is 1. The van der Waals surface area contributed by atoms with Crippen molar-refractivity contribution in [1.82, 2.24) is 0 Å². The zero-order valence-corrected chi connectivity index (χ0v) is 15.0. The molecule has 0 atom stereocenters. The molecule has 0 saturated heterocycles. The standard InChI is InChI=1S/C16H15Cl4NO/c1-2-5-22-16-14(19)6-10(7-15(16)20)9-21-11-3-4-12(17)13(18)8-11/h3-4,6-8,21H,2,5,9H2,1H3. The van der Waals surface area contributed by atoms with Gasteiger partial charge in [-0.3, -0.25) is 0 Å². The Morgan fingerprint density at radius 2 is 1.59 bits per heavy atom. The Morgan fingerprint density at radius 1 is 0.909 bits per heavy atom. The second-order valence-corrected chi connectivity index (χ2v) is 6.35. The molecule has 0 aliphatic rings. The molecule has 0 saturated carbocycles. The van der Waals surface area contributed by atoms with Crippen LogP contribution in [-0.4, -0.2) is 6.61 Å². The van der Waals surface area contributed by atoms with Gasteiger partial charge >= 0.3 is 0 Å². The quantitative estimate of drug-likeness (QED) is 0.603. The molecule has 0 bridgehead atoms. The molecule has 2 aromatic rings. The van der Waals surface area contributed by atoms with Crippen molar-refractivity contribution in [3.63, 3.8) is 0 Å². The highest BCUT2D eigenvalue weighted by atomic mass is 35.5. The van der Waals surface area contributed by atoms with Crippen molar-refractivity contribution < 1.29 is 4.74 Å². The van der Waals surface area contributed by atoms with Crippen LogP contribution in [0.1, 0.15) is 18.9 Å². The Bertz CT molecular complexity index is 638. The minimum absolute atomic E-state index is 0.506. The molecule has 2 aromatic carbocycles. The van der Waals surface area contributed by atoms with E-state index in [0.717, 1.165) is 17.7 Å². The molecular weight excluding hydrogens is 364 g/mol. The topological polar surface area (TPSA) is 21.3 Å². The molecule has 0 heterocycles. The van der Waals surface area contributed by atoms with Gasteiger partial charge in [-0.2, -0.15) is 0 Å². The zero-order valence-electron chi connectivity index (χ0n) is 11.9. The van der Waals surface area contributed by atoms with Crippen LogP contribution in [0.15, 0.2) is 30.3 Å². The molecule has 0 aromatic heterocycles. The lowest BCUT2D eigenvalue weighted by Crippen LogP contribution is -2.01. The van der Waals surface area contributed by atoms with Gasteiger partial charge in [-0.05, 0) is 42.3 Å². The first-order valence-corrected chi connectivity index (χ1v) is 8.32. The zero-order chi connectivity index (χ0) is 16.1. The molecule has 0 spiro atoms. The van der Waals surface area contributed by atoms with Crippen LogP contribution in [-0.2, 0) is 6.54 Å². The molecule has 6 heteroatoms. The Balaban J connectivity index is 2.08. The first-order valence-electron chi connectivity index (χ1n) is 6.81. The van der Waals surface area contributed by atoms with E-state index in [1.165, 1.54) is 0 Å². The lowest BCUT2D eigenvalue weighted by atomic mass is 10.2. The number of hydrogen-bond acceptors (Lipinski definition) is 2. The summed E-state index contributed by atoms with van der Waals surface area (Å²) < 4.78 is 5.55. The summed E-state index contributed by atoms with van der Waals surface area (Å²) in [5, 5.41) is 5.29. The lowest BCUT2D eigenvalue weighted by molar-refractivity contribution is 0.318. The number of halogens is 4. The van der Waals surface area contributed by atoms with Crippen LogP contribution in [0.2, 0.25) is 20.1 Å². The van der Waals surface area contributed by atoms with Crippen molar-refractivity contribution in [1.29, 1.82) is 0 Å². The predicted octanol–water partition coefficient (Wildman–Crippen LogP) is 6.70. The predicted molar refractivity (Wildman–Crippen MR) is 96.0 cm³/mol. The second kappa shape index (κ2) is 8.16. The van der Waals surface area contributed by atoms with E-state index in [-0.39, 0.29) is 0 Å². The molecule has 0 aliphatic carbocycles. The molecule has 22 heavy (non-hydrogen) atoms. The smallest absolute Gasteiger partial charge is 0.156 e. The van der Waals surface area contributed by atoms with Gasteiger partial charge < -0.3 is 10.1 Å². The summed E-state index contributed by atoms with van der Waals surface area (Å²) in [5.41, 5.74) is 1.82. The fourth-order valence-electron chi connectivity index (χ4n) is 1.87. The van der Waals surface area contributed by atoms with Gasteiger partial charge in [0.2, 0.25) is 0 Å². The van der Waals surface area contributed by atoms with E-state index in [0.29, 0.717) is 39.0 Å². The average molecular weight is 379 g/mol. The summed E-state index contributed by atoms with van der Waals surface area (Å²) in [6.45, 7) is 3.17. The normalized spacial score (nSPS) is 10.6. The highest BCUT2D eigenvalue weighted by molar-refractivity contribution is 6.42. The van der Waals surface area contributed by atoms with Crippen LogP contribution >= 0.6 is 46.4 Å². The molecule has 2 nitrogen and oxygen atoms in total. The van der Waals surface area contributed by atoms with Crippen LogP contribution in [0.25, 0.3) is 0 Å². The molecule has 118 valence electrons. The monoisotopic (exact) mass is 377 g/mol. The van der Waals surface area contributed by atoms with Gasteiger partial charge in [0.05, 0.1) is 26.7 Å². The SMILES string of the molecule is CCCOc1c(Cl)cc(CNc2ccc(Cl)c(Cl)c2)cc1Cl. The van der Waals surface area contributed by atoms with E-state index in [4.69, 9.17) is 51.1 Å². The number of rotatable bonds is 6. The Labute approximate surface area is 150 Å². The second-order valence-electron chi connectivity index (χ2n) is 4.72. The van der Waals surface area contributed by atoms with Crippen molar-refractivity contribution in [3.05, 3.63) is 56.0 Å². The fourth-order valence-corrected chi connectivity index (χ4v) is 2.81. The van der Waals surface area contributed by atoms with Crippen LogP contribution in [0.3, 0.4) is 0 Å². The Morgan fingerprint density at radius 3 is 2.18 bits per heavy atom. The Kier molecular flexibility index (Phi) is 6.51. The van der Waals surface area contributed by atoms with E-state index in [9.17, 15) is 0 Å². The van der Waals surface area contributed by atoms with Gasteiger partial charge in [-0.1, -0.05) is 53.3 Å². The average Bonchev–Trinajstić information content (AvgIpc) is 2.48. The highest BCUT2D eigenvalue weighted by Crippen LogP contribution is 2.34. The third-order valence-electron chi connectivity index (χ3n) is 2.92. The molecule has 0 radical (unpaired) electrons. The van der Waals surface area contributed by atoms with Gasteiger partial charge in [0.15, 0.2) is 5.75 Å². The summed E-state index contributed by atoms with van der Waals surface area (Å²) in [6.07, 6.45) is 0.896. The van der Waals surface area contributed by atoms with Crippen molar-refractivity contribution in [2.24, 2.45) is 0 Å². The van der Waals surface area contributed by atoms with Gasteiger partial charge in [0, 0.05) is 12.2 Å². The maximum atomic E-state index is 6.22. The minimum atomic E-state index is 0.506. The van der Waals surface area contributed by atoms with E-state index in [2.05, 4.69) is 5.32 Å². The third-order valence-corrected chi connectivity index (χ3v) is 4.23. The summed E-state index contributed by atoms with van der Waals surface area (Å²) >= 11 is 24.3. The fraction of sp³-hybridized carbons (Fsp3) is 0.250. The number of anilines is 1. The van der Waals surface area contributed by atoms with E-state index >= 15 is 0 Å².